The van der Waals surface area contributed by atoms with Crippen LogP contribution in [0, 0.1) is 6.92 Å². The first kappa shape index (κ1) is 36.6. The van der Waals surface area contributed by atoms with Crippen molar-refractivity contribution in [2.24, 2.45) is 0 Å². The monoisotopic (exact) mass is 752 g/mol. The molecule has 0 spiro atoms. The molecule has 0 bridgehead atoms. The molecule has 286 valence electrons. The SMILES string of the molecule is COc1ccc2c(c1)C=C(c1c(C(=O)N3CCN(C)CC3)c(C)nn1C1CCC1)Cn1c-2c(C2CCCCC2)c2ccc(C(=O)NS(=O)(=O)C(C)C)cc21. The van der Waals surface area contributed by atoms with Gasteiger partial charge in [0.05, 0.1) is 47.6 Å². The van der Waals surface area contributed by atoms with Gasteiger partial charge in [-0.1, -0.05) is 25.3 Å². The largest absolute Gasteiger partial charge is 0.497 e. The van der Waals surface area contributed by atoms with E-state index in [0.29, 0.717) is 31.1 Å². The molecule has 2 aromatic heterocycles. The zero-order valence-electron chi connectivity index (χ0n) is 32.2. The Kier molecular flexibility index (Phi) is 9.71. The molecule has 0 unspecified atom stereocenters. The fourth-order valence-electron chi connectivity index (χ4n) is 8.81. The van der Waals surface area contributed by atoms with E-state index in [1.54, 1.807) is 27.0 Å². The van der Waals surface area contributed by atoms with Gasteiger partial charge in [0, 0.05) is 48.2 Å². The fourth-order valence-corrected chi connectivity index (χ4v) is 9.42. The quantitative estimate of drug-likeness (QED) is 0.206. The Morgan fingerprint density at radius 3 is 2.33 bits per heavy atom. The molecule has 2 aliphatic heterocycles. The van der Waals surface area contributed by atoms with Crippen LogP contribution >= 0.6 is 0 Å². The summed E-state index contributed by atoms with van der Waals surface area (Å²) in [4.78, 5) is 32.4. The normalized spacial score (nSPS) is 18.6. The minimum absolute atomic E-state index is 0.0167. The van der Waals surface area contributed by atoms with E-state index in [-0.39, 0.29) is 17.5 Å². The Hall–Kier alpha value is -4.42. The van der Waals surface area contributed by atoms with Gasteiger partial charge in [0.1, 0.15) is 5.75 Å². The van der Waals surface area contributed by atoms with E-state index in [4.69, 9.17) is 9.84 Å². The molecular formula is C42H52N6O5S. The topological polar surface area (TPSA) is 119 Å². The molecule has 1 N–H and O–H groups in total. The number of amides is 2. The second kappa shape index (κ2) is 14.3. The summed E-state index contributed by atoms with van der Waals surface area (Å²) in [5.74, 6) is 0.444. The first-order valence-electron chi connectivity index (χ1n) is 19.6. The summed E-state index contributed by atoms with van der Waals surface area (Å²) in [5.41, 5.74) is 8.82. The van der Waals surface area contributed by atoms with Crippen LogP contribution in [0.3, 0.4) is 0 Å². The fraction of sp³-hybridized carbons (Fsp3) is 0.500. The lowest BCUT2D eigenvalue weighted by molar-refractivity contribution is 0.0662. The number of nitrogens with one attached hydrogen (secondary N) is 1. The van der Waals surface area contributed by atoms with Crippen LogP contribution in [0.15, 0.2) is 36.4 Å². The van der Waals surface area contributed by atoms with Gasteiger partial charge in [-0.25, -0.2) is 13.1 Å². The summed E-state index contributed by atoms with van der Waals surface area (Å²) in [7, 11) is -0.0608. The average Bonchev–Trinajstić information content (AvgIpc) is 3.57. The number of carbonyl (C=O) groups is 2. The zero-order valence-corrected chi connectivity index (χ0v) is 33.0. The number of rotatable bonds is 8. The lowest BCUT2D eigenvalue weighted by Crippen LogP contribution is -2.47. The molecule has 4 aliphatic rings. The van der Waals surface area contributed by atoms with Crippen molar-refractivity contribution in [3.63, 3.8) is 0 Å². The van der Waals surface area contributed by atoms with Crippen LogP contribution in [0.5, 0.6) is 5.75 Å². The van der Waals surface area contributed by atoms with Gasteiger partial charge in [-0.3, -0.25) is 14.3 Å². The molecule has 0 radical (unpaired) electrons. The molecule has 2 aliphatic carbocycles. The van der Waals surface area contributed by atoms with E-state index in [2.05, 4.69) is 44.1 Å². The van der Waals surface area contributed by atoms with Crippen molar-refractivity contribution < 1.29 is 22.7 Å². The highest BCUT2D eigenvalue weighted by atomic mass is 32.2. The number of hydrogen-bond donors (Lipinski definition) is 1. The third kappa shape index (κ3) is 6.44. The third-order valence-electron chi connectivity index (χ3n) is 12.2. The second-order valence-corrected chi connectivity index (χ2v) is 18.2. The van der Waals surface area contributed by atoms with Crippen molar-refractivity contribution >= 4 is 44.4 Å². The van der Waals surface area contributed by atoms with Crippen LogP contribution in [-0.2, 0) is 16.6 Å². The molecule has 4 aromatic rings. The number of ether oxygens (including phenoxy) is 1. The number of carbonyl (C=O) groups excluding carboxylic acids is 2. The molecule has 0 atom stereocenters. The summed E-state index contributed by atoms with van der Waals surface area (Å²) in [6.07, 6.45) is 11.0. The Labute approximate surface area is 318 Å². The maximum Gasteiger partial charge on any atom is 0.264 e. The third-order valence-corrected chi connectivity index (χ3v) is 13.9. The summed E-state index contributed by atoms with van der Waals surface area (Å²) >= 11 is 0. The molecule has 2 saturated carbocycles. The number of piperazine rings is 1. The van der Waals surface area contributed by atoms with Gasteiger partial charge in [0.2, 0.25) is 10.0 Å². The van der Waals surface area contributed by atoms with Crippen molar-refractivity contribution in [1.29, 1.82) is 0 Å². The maximum absolute atomic E-state index is 14.6. The summed E-state index contributed by atoms with van der Waals surface area (Å²) < 4.78 is 38.1. The number of fused-ring (bicyclic) bond motifs is 5. The van der Waals surface area contributed by atoms with E-state index < -0.39 is 21.2 Å². The van der Waals surface area contributed by atoms with Crippen molar-refractivity contribution in [2.45, 2.75) is 95.9 Å². The van der Waals surface area contributed by atoms with Crippen molar-refractivity contribution in [3.8, 4) is 17.0 Å². The number of likely N-dealkylation sites (N-methyl/N-ethyl adjacent to an activating group) is 1. The molecule has 11 nitrogen and oxygen atoms in total. The molecule has 54 heavy (non-hydrogen) atoms. The zero-order chi connectivity index (χ0) is 37.9. The van der Waals surface area contributed by atoms with Gasteiger partial charge in [0.15, 0.2) is 0 Å². The van der Waals surface area contributed by atoms with Gasteiger partial charge >= 0.3 is 0 Å². The minimum atomic E-state index is -3.83. The molecule has 1 saturated heterocycles. The second-order valence-electron chi connectivity index (χ2n) is 16.0. The number of hydrogen-bond acceptors (Lipinski definition) is 7. The van der Waals surface area contributed by atoms with Gasteiger partial charge < -0.3 is 19.1 Å². The van der Waals surface area contributed by atoms with Gasteiger partial charge in [-0.05, 0) is 119 Å². The molecule has 4 heterocycles. The molecule has 8 rings (SSSR count). The maximum atomic E-state index is 14.6. The smallest absolute Gasteiger partial charge is 0.264 e. The van der Waals surface area contributed by atoms with Gasteiger partial charge in [-0.15, -0.1) is 0 Å². The van der Waals surface area contributed by atoms with Crippen LogP contribution < -0.4 is 9.46 Å². The molecule has 3 fully saturated rings. The van der Waals surface area contributed by atoms with E-state index >= 15 is 0 Å². The van der Waals surface area contributed by atoms with Crippen molar-refractivity contribution in [2.75, 3.05) is 40.3 Å². The Morgan fingerprint density at radius 2 is 1.67 bits per heavy atom. The molecule has 2 aromatic carbocycles. The lowest BCUT2D eigenvalue weighted by atomic mass is 9.81. The Bertz CT molecular complexity index is 2270. The van der Waals surface area contributed by atoms with E-state index in [1.165, 1.54) is 12.0 Å². The average molecular weight is 753 g/mol. The van der Waals surface area contributed by atoms with Crippen LogP contribution in [-0.4, -0.2) is 90.0 Å². The first-order valence-corrected chi connectivity index (χ1v) is 21.2. The van der Waals surface area contributed by atoms with Crippen LogP contribution in [0.25, 0.3) is 33.8 Å². The molecule has 12 heteroatoms. The molecular weight excluding hydrogens is 701 g/mol. The van der Waals surface area contributed by atoms with Gasteiger partial charge in [0.25, 0.3) is 11.8 Å². The van der Waals surface area contributed by atoms with Crippen LogP contribution in [0.4, 0.5) is 0 Å². The van der Waals surface area contributed by atoms with Gasteiger partial charge in [-0.2, -0.15) is 5.10 Å². The first-order chi connectivity index (χ1) is 25.9. The molecule has 2 amide bonds. The Morgan fingerprint density at radius 1 is 0.926 bits per heavy atom. The number of nitrogens with zero attached hydrogens (tertiary/aromatic N) is 5. The number of allylic oxidation sites excluding steroid dienone is 1. The predicted molar refractivity (Wildman–Crippen MR) is 212 cm³/mol. The number of sulfonamides is 1. The standard InChI is InChI=1S/C42H52N6O5S/c1-26(2)54(51,52)44-41(49)29-14-16-35-36(24-29)47-25-31(22-30-23-33(53-5)15-17-34(30)40(47)38(35)28-10-7-6-8-11-28)39-37(27(3)43-48(39)32-12-9-13-32)42(50)46-20-18-45(4)19-21-46/h14-17,22-24,26,28,32H,6-13,18-21,25H2,1-5H3,(H,44,49). The highest BCUT2D eigenvalue weighted by Gasteiger charge is 2.36. The number of aryl methyl sites for hydroxylation is 1. The lowest BCUT2D eigenvalue weighted by Gasteiger charge is -2.33. The van der Waals surface area contributed by atoms with Crippen molar-refractivity contribution in [1.82, 2.24) is 28.9 Å². The highest BCUT2D eigenvalue weighted by molar-refractivity contribution is 7.90. The summed E-state index contributed by atoms with van der Waals surface area (Å²) in [5, 5.41) is 5.44. The number of methoxy groups -OCH3 is 1. The van der Waals surface area contributed by atoms with Crippen LogP contribution in [0.2, 0.25) is 0 Å². The van der Waals surface area contributed by atoms with Crippen molar-refractivity contribution in [3.05, 3.63) is 70.0 Å². The van der Waals surface area contributed by atoms with E-state index in [9.17, 15) is 18.0 Å². The van der Waals surface area contributed by atoms with E-state index in [0.717, 1.165) is 108 Å². The summed E-state index contributed by atoms with van der Waals surface area (Å²) in [6, 6.07) is 12.1. The number of benzene rings is 2. The van der Waals surface area contributed by atoms with E-state index in [1.807, 2.05) is 30.0 Å². The van der Waals surface area contributed by atoms with Crippen LogP contribution in [0.1, 0.15) is 120 Å². The Balaban J connectivity index is 1.36. The summed E-state index contributed by atoms with van der Waals surface area (Å²) in [6.45, 7) is 8.48. The number of aromatic nitrogens is 3. The minimum Gasteiger partial charge on any atom is -0.497 e. The predicted octanol–water partition coefficient (Wildman–Crippen LogP) is 7.00. The highest BCUT2D eigenvalue weighted by Crippen LogP contribution is 2.48.